The van der Waals surface area contributed by atoms with E-state index in [0.717, 1.165) is 12.4 Å². The largest absolute Gasteiger partial charge is 0.435 e. The summed E-state index contributed by atoms with van der Waals surface area (Å²) >= 11 is 12.0. The van der Waals surface area contributed by atoms with E-state index in [1.165, 1.54) is 35.5 Å². The number of hydrogen-bond donors (Lipinski definition) is 0. The van der Waals surface area contributed by atoms with Crippen LogP contribution in [0.3, 0.4) is 0 Å². The minimum absolute atomic E-state index is 0.0158. The lowest BCUT2D eigenvalue weighted by Crippen LogP contribution is -2.43. The number of oxime groups is 1. The van der Waals surface area contributed by atoms with Crippen molar-refractivity contribution in [2.45, 2.75) is 18.2 Å². The van der Waals surface area contributed by atoms with E-state index < -0.39 is 23.8 Å². The summed E-state index contributed by atoms with van der Waals surface area (Å²) in [5.74, 6) is 0. The van der Waals surface area contributed by atoms with Crippen molar-refractivity contribution < 1.29 is 18.0 Å². The Balaban J connectivity index is 1.76. The minimum atomic E-state index is -4.88. The van der Waals surface area contributed by atoms with Crippen LogP contribution >= 0.6 is 23.2 Å². The van der Waals surface area contributed by atoms with E-state index in [-0.39, 0.29) is 26.9 Å². The molecule has 0 aliphatic carbocycles. The highest BCUT2D eigenvalue weighted by Gasteiger charge is 2.64. The summed E-state index contributed by atoms with van der Waals surface area (Å²) in [6.07, 6.45) is -0.770. The molecule has 30 heavy (non-hydrogen) atoms. The van der Waals surface area contributed by atoms with Crippen LogP contribution in [0.25, 0.3) is 5.69 Å². The Kier molecular flexibility index (Phi) is 4.88. The fraction of sp³-hybridized carbons (Fsp3) is 0.167. The third-order valence-corrected chi connectivity index (χ3v) is 5.13. The average Bonchev–Trinajstić information content (AvgIpc) is 3.38. The Morgan fingerprint density at radius 3 is 2.50 bits per heavy atom. The SMILES string of the molecule is N#Cc1cc(C2=NOC(c3c(Cl)cncc3Cl)(C(F)(F)F)C2)ccc1-n1cncn1. The number of aromatic nitrogens is 4. The normalized spacial score (nSPS) is 18.6. The van der Waals surface area contributed by atoms with Crippen molar-refractivity contribution in [3.63, 3.8) is 0 Å². The van der Waals surface area contributed by atoms with Crippen LogP contribution in [0.4, 0.5) is 13.2 Å². The Morgan fingerprint density at radius 2 is 1.90 bits per heavy atom. The van der Waals surface area contributed by atoms with Gasteiger partial charge in [-0.1, -0.05) is 34.4 Å². The molecule has 12 heteroatoms. The molecule has 0 amide bonds. The molecule has 0 bridgehead atoms. The smallest absolute Gasteiger partial charge is 0.374 e. The van der Waals surface area contributed by atoms with Gasteiger partial charge in [-0.3, -0.25) is 4.98 Å². The zero-order valence-corrected chi connectivity index (χ0v) is 16.2. The number of nitriles is 1. The lowest BCUT2D eigenvalue weighted by atomic mass is 9.86. The van der Waals surface area contributed by atoms with Crippen LogP contribution in [0.1, 0.15) is 23.1 Å². The minimum Gasteiger partial charge on any atom is -0.374 e. The molecule has 0 radical (unpaired) electrons. The van der Waals surface area contributed by atoms with Gasteiger partial charge in [0.25, 0.3) is 5.60 Å². The van der Waals surface area contributed by atoms with Gasteiger partial charge in [-0.15, -0.1) is 0 Å². The molecule has 3 heterocycles. The van der Waals surface area contributed by atoms with Crippen molar-refractivity contribution in [1.82, 2.24) is 19.7 Å². The first-order chi connectivity index (χ1) is 14.3. The highest BCUT2D eigenvalue weighted by Crippen LogP contribution is 2.52. The van der Waals surface area contributed by atoms with Gasteiger partial charge in [0.15, 0.2) is 0 Å². The van der Waals surface area contributed by atoms with Gasteiger partial charge in [0, 0.05) is 23.5 Å². The number of nitrogens with zero attached hydrogens (tertiary/aromatic N) is 6. The number of benzene rings is 1. The summed E-state index contributed by atoms with van der Waals surface area (Å²) in [4.78, 5) is 12.5. The molecule has 3 aromatic rings. The van der Waals surface area contributed by atoms with E-state index in [4.69, 9.17) is 28.0 Å². The van der Waals surface area contributed by atoms with Gasteiger partial charge in [0.1, 0.15) is 18.7 Å². The second-order valence-corrected chi connectivity index (χ2v) is 7.11. The summed E-state index contributed by atoms with van der Waals surface area (Å²) in [6.45, 7) is 0. The second-order valence-electron chi connectivity index (χ2n) is 6.29. The molecule has 0 saturated carbocycles. The lowest BCUT2D eigenvalue weighted by Gasteiger charge is -2.30. The summed E-state index contributed by atoms with van der Waals surface area (Å²) < 4.78 is 43.8. The van der Waals surface area contributed by atoms with Gasteiger partial charge in [0.05, 0.1) is 33.4 Å². The topological polar surface area (TPSA) is 89.0 Å². The molecule has 1 unspecified atom stereocenters. The van der Waals surface area contributed by atoms with E-state index in [9.17, 15) is 18.4 Å². The van der Waals surface area contributed by atoms with Gasteiger partial charge in [0.2, 0.25) is 0 Å². The average molecular weight is 453 g/mol. The van der Waals surface area contributed by atoms with Crippen molar-refractivity contribution in [1.29, 1.82) is 5.26 Å². The zero-order chi connectivity index (χ0) is 21.5. The summed E-state index contributed by atoms with van der Waals surface area (Å²) in [5.41, 5.74) is -2.49. The monoisotopic (exact) mass is 452 g/mol. The number of rotatable bonds is 3. The molecule has 0 spiro atoms. The molecule has 152 valence electrons. The quantitative estimate of drug-likeness (QED) is 0.586. The Bertz CT molecular complexity index is 1170. The molecule has 2 aromatic heterocycles. The van der Waals surface area contributed by atoms with E-state index in [2.05, 4.69) is 20.2 Å². The standard InChI is InChI=1S/C18H9Cl2F3N6O/c19-12-6-25-7-13(20)16(12)17(18(21,22)23)4-14(28-30-17)10-1-2-15(11(3-10)5-24)29-9-26-8-27-29/h1-3,6-9H,4H2. The third kappa shape index (κ3) is 3.16. The van der Waals surface area contributed by atoms with Gasteiger partial charge in [-0.2, -0.15) is 23.5 Å². The Labute approximate surface area is 177 Å². The molecule has 1 aliphatic rings. The fourth-order valence-corrected chi connectivity index (χ4v) is 3.82. The molecule has 1 aliphatic heterocycles. The first kappa shape index (κ1) is 20.1. The summed E-state index contributed by atoms with van der Waals surface area (Å²) in [5, 5.41) is 16.5. The molecule has 4 rings (SSSR count). The van der Waals surface area contributed by atoms with Gasteiger partial charge in [-0.25, -0.2) is 9.67 Å². The maximum absolute atomic E-state index is 14.1. The van der Waals surface area contributed by atoms with Crippen LogP contribution in [-0.2, 0) is 10.4 Å². The number of hydrogen-bond acceptors (Lipinski definition) is 6. The molecule has 0 saturated heterocycles. The Hall–Kier alpha value is -3.16. The predicted molar refractivity (Wildman–Crippen MR) is 100 cm³/mol. The highest BCUT2D eigenvalue weighted by atomic mass is 35.5. The van der Waals surface area contributed by atoms with Crippen molar-refractivity contribution >= 4 is 28.9 Å². The van der Waals surface area contributed by atoms with Crippen LogP contribution in [0.15, 0.2) is 48.4 Å². The molecular weight excluding hydrogens is 444 g/mol. The molecule has 0 fully saturated rings. The second kappa shape index (κ2) is 7.27. The molecule has 7 nitrogen and oxygen atoms in total. The van der Waals surface area contributed by atoms with E-state index in [1.54, 1.807) is 0 Å². The van der Waals surface area contributed by atoms with Crippen LogP contribution in [0.2, 0.25) is 10.0 Å². The van der Waals surface area contributed by atoms with Crippen LogP contribution in [0, 0.1) is 11.3 Å². The lowest BCUT2D eigenvalue weighted by molar-refractivity contribution is -0.275. The van der Waals surface area contributed by atoms with Gasteiger partial charge < -0.3 is 4.84 Å². The molecule has 0 N–H and O–H groups in total. The molecular formula is C18H9Cl2F3N6O. The highest BCUT2D eigenvalue weighted by molar-refractivity contribution is 6.36. The first-order valence-corrected chi connectivity index (χ1v) is 9.03. The van der Waals surface area contributed by atoms with Crippen molar-refractivity contribution in [2.24, 2.45) is 5.16 Å². The maximum Gasteiger partial charge on any atom is 0.435 e. The van der Waals surface area contributed by atoms with Gasteiger partial charge in [-0.05, 0) is 12.1 Å². The molecule has 1 aromatic carbocycles. The number of pyridine rings is 1. The van der Waals surface area contributed by atoms with E-state index in [0.29, 0.717) is 5.69 Å². The fourth-order valence-electron chi connectivity index (χ4n) is 3.15. The number of halogens is 5. The van der Waals surface area contributed by atoms with Crippen LogP contribution in [-0.4, -0.2) is 31.6 Å². The summed E-state index contributed by atoms with van der Waals surface area (Å²) in [6, 6.07) is 6.44. The first-order valence-electron chi connectivity index (χ1n) is 8.27. The van der Waals surface area contributed by atoms with Crippen molar-refractivity contribution in [3.8, 4) is 11.8 Å². The maximum atomic E-state index is 14.1. The van der Waals surface area contributed by atoms with Crippen molar-refractivity contribution in [3.05, 3.63) is 70.0 Å². The number of alkyl halides is 3. The van der Waals surface area contributed by atoms with Crippen molar-refractivity contribution in [2.75, 3.05) is 0 Å². The van der Waals surface area contributed by atoms with Crippen LogP contribution in [0.5, 0.6) is 0 Å². The predicted octanol–water partition coefficient (Wildman–Crippen LogP) is 4.42. The third-order valence-electron chi connectivity index (χ3n) is 4.56. The Morgan fingerprint density at radius 1 is 1.17 bits per heavy atom. The summed E-state index contributed by atoms with van der Waals surface area (Å²) in [7, 11) is 0. The van der Waals surface area contributed by atoms with E-state index >= 15 is 0 Å². The molecule has 1 atom stereocenters. The van der Waals surface area contributed by atoms with E-state index in [1.807, 2.05) is 6.07 Å². The van der Waals surface area contributed by atoms with Gasteiger partial charge >= 0.3 is 6.18 Å². The zero-order valence-electron chi connectivity index (χ0n) is 14.7. The van der Waals surface area contributed by atoms with Crippen LogP contribution < -0.4 is 0 Å².